The molecule has 1 aliphatic heterocycles. The van der Waals surface area contributed by atoms with E-state index < -0.39 is 0 Å². The van der Waals surface area contributed by atoms with Crippen molar-refractivity contribution in [1.82, 2.24) is 15.5 Å². The summed E-state index contributed by atoms with van der Waals surface area (Å²) >= 11 is 0. The van der Waals surface area contributed by atoms with Crippen LogP contribution in [0.3, 0.4) is 0 Å². The quantitative estimate of drug-likeness (QED) is 0.289. The average molecular weight is 539 g/mol. The van der Waals surface area contributed by atoms with E-state index in [1.807, 2.05) is 29.2 Å². The van der Waals surface area contributed by atoms with Crippen molar-refractivity contribution < 1.29 is 9.21 Å². The number of likely N-dealkylation sites (N-methyl/N-ethyl adjacent to an activating group) is 1. The maximum Gasteiger partial charge on any atom is 0.227 e. The monoisotopic (exact) mass is 539 g/mol. The number of nitrogens with zero attached hydrogens (tertiary/aromatic N) is 3. The van der Waals surface area contributed by atoms with E-state index in [0.717, 1.165) is 49.0 Å². The van der Waals surface area contributed by atoms with Crippen LogP contribution >= 0.6 is 24.0 Å². The second kappa shape index (κ2) is 12.7. The molecule has 1 unspecified atom stereocenters. The Balaban J connectivity index is 0.00000341. The lowest BCUT2D eigenvalue weighted by molar-refractivity contribution is -0.117. The number of carbonyl (C=O) groups is 1. The fourth-order valence-corrected chi connectivity index (χ4v) is 3.87. The predicted molar refractivity (Wildman–Crippen MR) is 136 cm³/mol. The molecule has 1 amide bonds. The zero-order valence-electron chi connectivity index (χ0n) is 18.6. The predicted octanol–water partition coefficient (Wildman–Crippen LogP) is 3.77. The molecule has 2 heterocycles. The maximum atomic E-state index is 11.9. The maximum absolute atomic E-state index is 11.9. The minimum atomic E-state index is 0. The first-order valence-electron chi connectivity index (χ1n) is 10.8. The molecule has 7 nitrogen and oxygen atoms in total. The van der Waals surface area contributed by atoms with Crippen LogP contribution in [0.2, 0.25) is 0 Å². The van der Waals surface area contributed by atoms with Crippen LogP contribution < -0.4 is 15.5 Å². The van der Waals surface area contributed by atoms with Crippen molar-refractivity contribution in [3.63, 3.8) is 0 Å². The average Bonchev–Trinajstić information content (AvgIpc) is 3.45. The van der Waals surface area contributed by atoms with E-state index >= 15 is 0 Å². The van der Waals surface area contributed by atoms with Crippen LogP contribution in [-0.2, 0) is 11.3 Å². The molecule has 31 heavy (non-hydrogen) atoms. The van der Waals surface area contributed by atoms with Crippen LogP contribution in [0.4, 0.5) is 5.69 Å². The van der Waals surface area contributed by atoms with Gasteiger partial charge in [-0.25, -0.2) is 0 Å². The first kappa shape index (κ1) is 25.2. The summed E-state index contributed by atoms with van der Waals surface area (Å²) in [6, 6.07) is 12.2. The van der Waals surface area contributed by atoms with Crippen LogP contribution in [0.1, 0.15) is 44.1 Å². The number of furan rings is 1. The van der Waals surface area contributed by atoms with Crippen LogP contribution in [0.5, 0.6) is 0 Å². The van der Waals surface area contributed by atoms with Gasteiger partial charge in [0.25, 0.3) is 0 Å². The number of rotatable bonds is 9. The molecular weight excluding hydrogens is 505 g/mol. The van der Waals surface area contributed by atoms with Gasteiger partial charge in [0, 0.05) is 38.8 Å². The van der Waals surface area contributed by atoms with Crippen LogP contribution in [-0.4, -0.2) is 50.0 Å². The highest BCUT2D eigenvalue weighted by Crippen LogP contribution is 2.22. The number of anilines is 1. The van der Waals surface area contributed by atoms with Crippen molar-refractivity contribution in [3.8, 4) is 0 Å². The highest BCUT2D eigenvalue weighted by molar-refractivity contribution is 14.0. The second-order valence-electron chi connectivity index (χ2n) is 7.37. The van der Waals surface area contributed by atoms with E-state index in [1.165, 1.54) is 0 Å². The second-order valence-corrected chi connectivity index (χ2v) is 7.37. The van der Waals surface area contributed by atoms with Crippen molar-refractivity contribution in [3.05, 3.63) is 54.0 Å². The van der Waals surface area contributed by atoms with E-state index in [4.69, 9.17) is 4.42 Å². The summed E-state index contributed by atoms with van der Waals surface area (Å²) in [5, 5.41) is 6.79. The molecule has 1 aliphatic rings. The summed E-state index contributed by atoms with van der Waals surface area (Å²) < 4.78 is 5.67. The Morgan fingerprint density at radius 1 is 1.19 bits per heavy atom. The van der Waals surface area contributed by atoms with Crippen molar-refractivity contribution >= 4 is 41.5 Å². The molecule has 1 aromatic heterocycles. The van der Waals surface area contributed by atoms with Gasteiger partial charge in [0.05, 0.1) is 12.3 Å². The topological polar surface area (TPSA) is 73.1 Å². The minimum absolute atomic E-state index is 0. The zero-order valence-corrected chi connectivity index (χ0v) is 21.0. The lowest BCUT2D eigenvalue weighted by atomic mass is 10.2. The number of aliphatic imine (C=N–C) groups is 1. The summed E-state index contributed by atoms with van der Waals surface area (Å²) in [6.45, 7) is 8.38. The van der Waals surface area contributed by atoms with Gasteiger partial charge in [0.2, 0.25) is 5.91 Å². The molecule has 0 radical (unpaired) electrons. The Morgan fingerprint density at radius 3 is 2.48 bits per heavy atom. The number of carbonyl (C=O) groups excluding carboxylic acids is 1. The van der Waals surface area contributed by atoms with Crippen LogP contribution in [0, 0.1) is 0 Å². The Kier molecular flexibility index (Phi) is 10.3. The van der Waals surface area contributed by atoms with Gasteiger partial charge in [-0.1, -0.05) is 26.0 Å². The first-order chi connectivity index (χ1) is 14.7. The molecular formula is C23H34IN5O2. The molecule has 0 spiro atoms. The number of amides is 1. The molecule has 1 fully saturated rings. The first-order valence-corrected chi connectivity index (χ1v) is 10.8. The summed E-state index contributed by atoms with van der Waals surface area (Å²) in [7, 11) is 1.77. The molecule has 0 aliphatic carbocycles. The van der Waals surface area contributed by atoms with Crippen LogP contribution in [0.15, 0.2) is 52.1 Å². The molecule has 1 saturated heterocycles. The molecule has 8 heteroatoms. The van der Waals surface area contributed by atoms with E-state index in [0.29, 0.717) is 19.5 Å². The van der Waals surface area contributed by atoms with Crippen molar-refractivity contribution in [2.24, 2.45) is 4.99 Å². The van der Waals surface area contributed by atoms with E-state index in [2.05, 4.69) is 46.5 Å². The van der Waals surface area contributed by atoms with Gasteiger partial charge in [-0.2, -0.15) is 0 Å². The Bertz CT molecular complexity index is 819. The molecule has 2 N–H and O–H groups in total. The van der Waals surface area contributed by atoms with E-state index in [1.54, 1.807) is 13.3 Å². The van der Waals surface area contributed by atoms with Gasteiger partial charge in [-0.3, -0.25) is 14.7 Å². The highest BCUT2D eigenvalue weighted by atomic mass is 127. The molecule has 1 atom stereocenters. The van der Waals surface area contributed by atoms with Crippen molar-refractivity contribution in [2.75, 3.05) is 38.1 Å². The third kappa shape index (κ3) is 6.70. The van der Waals surface area contributed by atoms with Gasteiger partial charge in [0.15, 0.2) is 5.96 Å². The van der Waals surface area contributed by atoms with Gasteiger partial charge >= 0.3 is 0 Å². The lowest BCUT2D eigenvalue weighted by Gasteiger charge is -2.28. The summed E-state index contributed by atoms with van der Waals surface area (Å²) in [5.74, 6) is 1.91. The largest absolute Gasteiger partial charge is 0.468 e. The molecule has 1 aromatic carbocycles. The smallest absolute Gasteiger partial charge is 0.227 e. The molecule has 0 saturated carbocycles. The Morgan fingerprint density at radius 2 is 1.94 bits per heavy atom. The number of nitrogens with one attached hydrogen (secondary N) is 2. The minimum Gasteiger partial charge on any atom is -0.468 e. The van der Waals surface area contributed by atoms with Gasteiger partial charge in [-0.15, -0.1) is 24.0 Å². The zero-order chi connectivity index (χ0) is 21.3. The van der Waals surface area contributed by atoms with Crippen molar-refractivity contribution in [2.45, 2.75) is 39.3 Å². The molecule has 3 rings (SSSR count). The standard InChI is InChI=1S/C23H33N5O2.HI/c1-4-27(5-2)20(21-8-7-15-30-21)17-26-23(24-3)25-16-18-10-12-19(13-11-18)28-14-6-9-22(28)29;/h7-8,10-13,15,20H,4-6,9,14,16-17H2,1-3H3,(H2,24,25,26);1H. The molecule has 2 aromatic rings. The summed E-state index contributed by atoms with van der Waals surface area (Å²) in [5.41, 5.74) is 2.11. The third-order valence-corrected chi connectivity index (χ3v) is 5.59. The highest BCUT2D eigenvalue weighted by Gasteiger charge is 2.22. The van der Waals surface area contributed by atoms with Gasteiger partial charge in [-0.05, 0) is 49.3 Å². The fourth-order valence-electron chi connectivity index (χ4n) is 3.87. The SMILES string of the molecule is CCN(CC)C(CNC(=NC)NCc1ccc(N2CCCC2=O)cc1)c1ccco1.I. The third-order valence-electron chi connectivity index (χ3n) is 5.59. The Hall–Kier alpha value is -2.07. The Labute approximate surface area is 202 Å². The normalized spacial score (nSPS) is 15.2. The van der Waals surface area contributed by atoms with E-state index in [9.17, 15) is 4.79 Å². The number of benzene rings is 1. The number of hydrogen-bond donors (Lipinski definition) is 2. The fraction of sp³-hybridized carbons (Fsp3) is 0.478. The van der Waals surface area contributed by atoms with Gasteiger partial charge < -0.3 is 20.0 Å². The summed E-state index contributed by atoms with van der Waals surface area (Å²) in [4.78, 5) is 20.5. The van der Waals surface area contributed by atoms with E-state index in [-0.39, 0.29) is 35.9 Å². The number of halogens is 1. The van der Waals surface area contributed by atoms with Crippen LogP contribution in [0.25, 0.3) is 0 Å². The number of guanidine groups is 1. The lowest BCUT2D eigenvalue weighted by Crippen LogP contribution is -2.42. The van der Waals surface area contributed by atoms with Crippen molar-refractivity contribution in [1.29, 1.82) is 0 Å². The summed E-state index contributed by atoms with van der Waals surface area (Å²) in [6.07, 6.45) is 3.31. The molecule has 170 valence electrons. The number of hydrogen-bond acceptors (Lipinski definition) is 4. The van der Waals surface area contributed by atoms with Gasteiger partial charge in [0.1, 0.15) is 5.76 Å². The molecule has 0 bridgehead atoms.